The van der Waals surface area contributed by atoms with E-state index < -0.39 is 0 Å². The Morgan fingerprint density at radius 2 is 0.871 bits per heavy atom. The van der Waals surface area contributed by atoms with Gasteiger partial charge in [0.15, 0.2) is 0 Å². The van der Waals surface area contributed by atoms with Crippen molar-refractivity contribution in [3.05, 3.63) is 217 Å². The van der Waals surface area contributed by atoms with Gasteiger partial charge in [-0.05, 0) is 112 Å². The molecule has 0 unspecified atom stereocenters. The van der Waals surface area contributed by atoms with E-state index in [1.807, 2.05) is 12.1 Å². The summed E-state index contributed by atoms with van der Waals surface area (Å²) in [6.45, 7) is 4.79. The van der Waals surface area contributed by atoms with Gasteiger partial charge < -0.3 is 23.1 Å². The van der Waals surface area contributed by atoms with E-state index in [0.717, 1.165) is 118 Å². The third-order valence-corrected chi connectivity index (χ3v) is 15.2. The molecular weight excluding hydrogens is 857 g/mol. The molecule has 15 rings (SSSR count). The van der Waals surface area contributed by atoms with Crippen LogP contribution in [0.4, 0.5) is 34.1 Å². The van der Waals surface area contributed by atoms with E-state index >= 15 is 0 Å². The first-order valence-electron chi connectivity index (χ1n) is 24.3. The van der Waals surface area contributed by atoms with Crippen LogP contribution in [0.15, 0.2) is 220 Å². The summed E-state index contributed by atoms with van der Waals surface area (Å²) in [4.78, 5) is 4.84. The van der Waals surface area contributed by atoms with Crippen molar-refractivity contribution >= 4 is 132 Å². The molecule has 3 aromatic heterocycles. The van der Waals surface area contributed by atoms with Crippen LogP contribution in [-0.2, 0) is 11.8 Å². The second-order valence-electron chi connectivity index (χ2n) is 19.6. The fraction of sp³-hybridized carbons (Fsp3) is 0.0769. The van der Waals surface area contributed by atoms with E-state index in [4.69, 9.17) is 13.3 Å². The number of hydrogen-bond donors (Lipinski definition) is 0. The Morgan fingerprint density at radius 1 is 0.357 bits per heavy atom. The molecule has 0 bridgehead atoms. The van der Waals surface area contributed by atoms with Crippen LogP contribution in [0.25, 0.3) is 98.1 Å². The predicted molar refractivity (Wildman–Crippen MR) is 292 cm³/mol. The van der Waals surface area contributed by atoms with E-state index in [0.29, 0.717) is 0 Å². The lowest BCUT2D eigenvalue weighted by molar-refractivity contribution is 0.471. The maximum Gasteiger partial charge on any atom is 0.139 e. The molecule has 0 amide bonds. The number of hydrogen-bond acceptors (Lipinski definition) is 5. The zero-order valence-corrected chi connectivity index (χ0v) is 38.7. The minimum absolute atomic E-state index is 0.158. The Kier molecular flexibility index (Phi) is 8.18. The fourth-order valence-corrected chi connectivity index (χ4v) is 12.1. The normalized spacial score (nSPS) is 13.6. The topological polar surface area (TPSA) is 45.9 Å². The molecule has 0 fully saturated rings. The number of rotatable bonds is 6. The molecule has 0 radical (unpaired) electrons. The SMILES string of the molecule is CC1(C)CCc2c(N(c3ccccc3)c3cc4oc5ccccc5c4c4ccccc34)ccc3cc4c(oc5ccc(N(c6ccccc6)c6cc7oc8ccccc8c7c7ccccc67)cc54)c1c23. The maximum atomic E-state index is 7.16. The van der Waals surface area contributed by atoms with Gasteiger partial charge in [0.25, 0.3) is 0 Å². The van der Waals surface area contributed by atoms with Crippen molar-refractivity contribution in [1.82, 2.24) is 0 Å². The smallest absolute Gasteiger partial charge is 0.139 e. The summed E-state index contributed by atoms with van der Waals surface area (Å²) in [6.07, 6.45) is 1.89. The number of aryl methyl sites for hydroxylation is 1. The van der Waals surface area contributed by atoms with Crippen molar-refractivity contribution in [3.8, 4) is 0 Å². The Balaban J connectivity index is 0.960. The third kappa shape index (κ3) is 5.60. The molecular formula is C65H44N2O3. The molecule has 332 valence electrons. The molecule has 5 heteroatoms. The molecule has 3 heterocycles. The van der Waals surface area contributed by atoms with Crippen LogP contribution in [0, 0.1) is 0 Å². The summed E-state index contributed by atoms with van der Waals surface area (Å²) < 4.78 is 20.4. The standard InChI is InChI=1S/C65H44N2O3/c1-65(2)34-33-47-52(67(41-19-7-4-8-20-41)54-38-59-62(46-24-12-10-22-44(46)54)49-26-14-16-28-56(49)69-59)31-29-39-35-51-50-36-42(30-32-57(50)70-64(51)63(65)60(39)47)66(40-17-5-3-6-18-40)53-37-58-61(45-23-11-9-21-43(45)53)48-25-13-15-27-55(48)68-58/h3-32,35-38H,33-34H2,1-2H3. The van der Waals surface area contributed by atoms with Crippen molar-refractivity contribution < 1.29 is 13.3 Å². The molecule has 5 nitrogen and oxygen atoms in total. The zero-order valence-electron chi connectivity index (χ0n) is 38.7. The van der Waals surface area contributed by atoms with Gasteiger partial charge in [0, 0.05) is 83.5 Å². The number of furan rings is 3. The summed E-state index contributed by atoms with van der Waals surface area (Å²) in [5, 5.41) is 13.9. The Labute approximate surface area is 403 Å². The molecule has 11 aromatic carbocycles. The first-order valence-corrected chi connectivity index (χ1v) is 24.3. The molecule has 14 aromatic rings. The lowest BCUT2D eigenvalue weighted by Crippen LogP contribution is -2.24. The highest BCUT2D eigenvalue weighted by atomic mass is 16.3. The van der Waals surface area contributed by atoms with E-state index in [2.05, 4.69) is 218 Å². The second kappa shape index (κ2) is 14.6. The fourth-order valence-electron chi connectivity index (χ4n) is 12.1. The van der Waals surface area contributed by atoms with Gasteiger partial charge in [-0.25, -0.2) is 0 Å². The highest BCUT2D eigenvalue weighted by Gasteiger charge is 2.35. The van der Waals surface area contributed by atoms with Gasteiger partial charge in [-0.3, -0.25) is 0 Å². The van der Waals surface area contributed by atoms with Crippen molar-refractivity contribution in [2.24, 2.45) is 0 Å². The second-order valence-corrected chi connectivity index (χ2v) is 19.6. The van der Waals surface area contributed by atoms with E-state index in [-0.39, 0.29) is 5.41 Å². The van der Waals surface area contributed by atoms with Crippen LogP contribution in [0.2, 0.25) is 0 Å². The Hall–Kier alpha value is -8.80. The molecule has 0 saturated heterocycles. The van der Waals surface area contributed by atoms with Crippen LogP contribution < -0.4 is 9.80 Å². The summed E-state index contributed by atoms with van der Waals surface area (Å²) in [5.41, 5.74) is 14.3. The lowest BCUT2D eigenvalue weighted by atomic mass is 9.71. The van der Waals surface area contributed by atoms with E-state index in [1.54, 1.807) is 0 Å². The molecule has 70 heavy (non-hydrogen) atoms. The Bertz CT molecular complexity index is 4460. The Morgan fingerprint density at radius 3 is 1.49 bits per heavy atom. The first-order chi connectivity index (χ1) is 34.5. The number of fused-ring (bicyclic) bond motifs is 14. The summed E-state index contributed by atoms with van der Waals surface area (Å²) in [5.74, 6) is 0. The van der Waals surface area contributed by atoms with Crippen LogP contribution in [0.1, 0.15) is 31.4 Å². The molecule has 0 aliphatic heterocycles. The molecule has 1 aliphatic carbocycles. The quantitative estimate of drug-likeness (QED) is 0.166. The molecule has 1 aliphatic rings. The molecule has 0 atom stereocenters. The largest absolute Gasteiger partial charge is 0.456 e. The van der Waals surface area contributed by atoms with Gasteiger partial charge in [-0.15, -0.1) is 0 Å². The van der Waals surface area contributed by atoms with Crippen LogP contribution in [0.3, 0.4) is 0 Å². The van der Waals surface area contributed by atoms with Crippen molar-refractivity contribution in [2.45, 2.75) is 32.1 Å². The zero-order chi connectivity index (χ0) is 46.2. The molecule has 0 N–H and O–H groups in total. The van der Waals surface area contributed by atoms with Gasteiger partial charge in [0.1, 0.15) is 33.5 Å². The number of para-hydroxylation sites is 4. The predicted octanol–water partition coefficient (Wildman–Crippen LogP) is 19.0. The first kappa shape index (κ1) is 39.2. The monoisotopic (exact) mass is 900 g/mol. The van der Waals surface area contributed by atoms with Gasteiger partial charge in [-0.1, -0.05) is 141 Å². The lowest BCUT2D eigenvalue weighted by Gasteiger charge is -2.36. The van der Waals surface area contributed by atoms with Crippen molar-refractivity contribution in [3.63, 3.8) is 0 Å². The number of nitrogens with zero attached hydrogens (tertiary/aromatic N) is 2. The summed E-state index contributed by atoms with van der Waals surface area (Å²) >= 11 is 0. The van der Waals surface area contributed by atoms with Crippen molar-refractivity contribution in [1.29, 1.82) is 0 Å². The molecule has 0 spiro atoms. The average Bonchev–Trinajstić information content (AvgIpc) is 4.09. The third-order valence-electron chi connectivity index (χ3n) is 15.2. The van der Waals surface area contributed by atoms with Gasteiger partial charge in [0.05, 0.1) is 11.4 Å². The van der Waals surface area contributed by atoms with Gasteiger partial charge in [0.2, 0.25) is 0 Å². The molecule has 0 saturated carbocycles. The highest BCUT2D eigenvalue weighted by Crippen LogP contribution is 2.53. The number of anilines is 6. The van der Waals surface area contributed by atoms with E-state index in [9.17, 15) is 0 Å². The minimum Gasteiger partial charge on any atom is -0.456 e. The van der Waals surface area contributed by atoms with Crippen LogP contribution in [0.5, 0.6) is 0 Å². The van der Waals surface area contributed by atoms with Gasteiger partial charge >= 0.3 is 0 Å². The summed E-state index contributed by atoms with van der Waals surface area (Å²) in [6, 6.07) is 73.9. The average molecular weight is 901 g/mol. The summed E-state index contributed by atoms with van der Waals surface area (Å²) in [7, 11) is 0. The minimum atomic E-state index is -0.158. The van der Waals surface area contributed by atoms with Crippen LogP contribution >= 0.6 is 0 Å². The number of benzene rings is 11. The van der Waals surface area contributed by atoms with Gasteiger partial charge in [-0.2, -0.15) is 0 Å². The van der Waals surface area contributed by atoms with Crippen LogP contribution in [-0.4, -0.2) is 0 Å². The maximum absolute atomic E-state index is 7.16. The van der Waals surface area contributed by atoms with E-state index in [1.165, 1.54) is 38.4 Å². The highest BCUT2D eigenvalue weighted by molar-refractivity contribution is 6.24. The van der Waals surface area contributed by atoms with Crippen molar-refractivity contribution in [2.75, 3.05) is 9.80 Å².